The minimum Gasteiger partial charge on any atom is -0.379 e. The first kappa shape index (κ1) is 20.2. The molecule has 0 saturated carbocycles. The molecule has 0 aromatic carbocycles. The molecule has 0 bridgehead atoms. The second kappa shape index (κ2) is 14.1. The van der Waals surface area contributed by atoms with Crippen LogP contribution >= 0.6 is 0 Å². The van der Waals surface area contributed by atoms with Crippen LogP contribution in [0.3, 0.4) is 0 Å². The molecule has 2 aliphatic rings. The molecule has 4 nitrogen and oxygen atoms in total. The summed E-state index contributed by atoms with van der Waals surface area (Å²) in [6, 6.07) is 0. The molecule has 2 rings (SSSR count). The Morgan fingerprint density at radius 3 is 1.04 bits per heavy atom. The summed E-state index contributed by atoms with van der Waals surface area (Å²) in [6.07, 6.45) is 14.2. The minimum absolute atomic E-state index is 0.937. The van der Waals surface area contributed by atoms with Crippen molar-refractivity contribution in [3.8, 4) is 0 Å². The summed E-state index contributed by atoms with van der Waals surface area (Å²) in [5.74, 6) is 0. The van der Waals surface area contributed by atoms with E-state index in [4.69, 9.17) is 9.47 Å². The van der Waals surface area contributed by atoms with Crippen LogP contribution in [0.1, 0.15) is 64.2 Å². The zero-order valence-corrected chi connectivity index (χ0v) is 15.9. The van der Waals surface area contributed by atoms with E-state index >= 15 is 0 Å². The number of nitrogens with zero attached hydrogens (tertiary/aromatic N) is 2. The standard InChI is InChI=1S/C20H40N2O2/c1(3-5-7-9-11-21-13-17-23-18-14-21)2-4-6-8-10-12-22-15-19-24-20-16-22/h1-20H2. The quantitative estimate of drug-likeness (QED) is 0.479. The fourth-order valence-corrected chi connectivity index (χ4v) is 3.73. The first-order chi connectivity index (χ1) is 11.9. The highest BCUT2D eigenvalue weighted by atomic mass is 16.5. The van der Waals surface area contributed by atoms with Crippen LogP contribution in [-0.2, 0) is 9.47 Å². The summed E-state index contributed by atoms with van der Waals surface area (Å²) in [5, 5.41) is 0. The molecule has 2 aliphatic heterocycles. The van der Waals surface area contributed by atoms with Crippen molar-refractivity contribution >= 4 is 0 Å². The number of hydrogen-bond acceptors (Lipinski definition) is 4. The number of ether oxygens (including phenoxy) is 2. The summed E-state index contributed by atoms with van der Waals surface area (Å²) in [4.78, 5) is 5.11. The highest BCUT2D eigenvalue weighted by Crippen LogP contribution is 2.12. The third-order valence-corrected chi connectivity index (χ3v) is 5.41. The maximum Gasteiger partial charge on any atom is 0.0594 e. The molecule has 4 heteroatoms. The Hall–Kier alpha value is -0.160. The van der Waals surface area contributed by atoms with Gasteiger partial charge in [0.2, 0.25) is 0 Å². The minimum atomic E-state index is 0.937. The predicted octanol–water partition coefficient (Wildman–Crippen LogP) is 3.55. The van der Waals surface area contributed by atoms with E-state index in [0.29, 0.717) is 0 Å². The molecule has 2 saturated heterocycles. The molecule has 2 heterocycles. The van der Waals surface area contributed by atoms with Crippen LogP contribution in [0.2, 0.25) is 0 Å². The lowest BCUT2D eigenvalue weighted by Gasteiger charge is -2.26. The molecular formula is C20H40N2O2. The van der Waals surface area contributed by atoms with Crippen molar-refractivity contribution in [2.45, 2.75) is 64.2 Å². The van der Waals surface area contributed by atoms with Crippen molar-refractivity contribution in [2.24, 2.45) is 0 Å². The molecular weight excluding hydrogens is 300 g/mol. The molecule has 2 fully saturated rings. The lowest BCUT2D eigenvalue weighted by Crippen LogP contribution is -2.36. The molecule has 0 radical (unpaired) electrons. The fourth-order valence-electron chi connectivity index (χ4n) is 3.73. The van der Waals surface area contributed by atoms with Gasteiger partial charge >= 0.3 is 0 Å². The van der Waals surface area contributed by atoms with Gasteiger partial charge in [0, 0.05) is 26.2 Å². The van der Waals surface area contributed by atoms with Gasteiger partial charge in [0.05, 0.1) is 26.4 Å². The van der Waals surface area contributed by atoms with Crippen LogP contribution in [0.4, 0.5) is 0 Å². The summed E-state index contributed by atoms with van der Waals surface area (Å²) >= 11 is 0. The Morgan fingerprint density at radius 1 is 0.417 bits per heavy atom. The number of rotatable bonds is 13. The van der Waals surface area contributed by atoms with Gasteiger partial charge < -0.3 is 9.47 Å². The summed E-state index contributed by atoms with van der Waals surface area (Å²) in [5.41, 5.74) is 0. The van der Waals surface area contributed by atoms with Crippen LogP contribution in [0.15, 0.2) is 0 Å². The van der Waals surface area contributed by atoms with Gasteiger partial charge in [-0.05, 0) is 25.9 Å². The summed E-state index contributed by atoms with van der Waals surface area (Å²) in [7, 11) is 0. The average Bonchev–Trinajstić information content (AvgIpc) is 2.64. The number of hydrogen-bond donors (Lipinski definition) is 0. The SMILES string of the molecule is C(CCCCCCN1CCOCC1)CCCCCN1CCOCC1. The topological polar surface area (TPSA) is 24.9 Å². The number of unbranched alkanes of at least 4 members (excludes halogenated alkanes) is 9. The van der Waals surface area contributed by atoms with E-state index in [1.807, 2.05) is 0 Å². The largest absolute Gasteiger partial charge is 0.379 e. The van der Waals surface area contributed by atoms with Gasteiger partial charge in [0.15, 0.2) is 0 Å². The summed E-state index contributed by atoms with van der Waals surface area (Å²) in [6.45, 7) is 10.9. The lowest BCUT2D eigenvalue weighted by molar-refractivity contribution is 0.0370. The lowest BCUT2D eigenvalue weighted by atomic mass is 10.1. The average molecular weight is 341 g/mol. The van der Waals surface area contributed by atoms with Crippen LogP contribution in [-0.4, -0.2) is 75.5 Å². The highest BCUT2D eigenvalue weighted by Gasteiger charge is 2.09. The Morgan fingerprint density at radius 2 is 0.708 bits per heavy atom. The Bertz CT molecular complexity index is 249. The zero-order chi connectivity index (χ0) is 16.7. The predicted molar refractivity (Wildman–Crippen MR) is 101 cm³/mol. The van der Waals surface area contributed by atoms with E-state index in [2.05, 4.69) is 9.80 Å². The maximum absolute atomic E-state index is 5.39. The second-order valence-electron chi connectivity index (χ2n) is 7.44. The van der Waals surface area contributed by atoms with Gasteiger partial charge in [-0.15, -0.1) is 0 Å². The van der Waals surface area contributed by atoms with E-state index in [-0.39, 0.29) is 0 Å². The van der Waals surface area contributed by atoms with E-state index in [1.54, 1.807) is 0 Å². The zero-order valence-electron chi connectivity index (χ0n) is 15.9. The van der Waals surface area contributed by atoms with Crippen LogP contribution in [0.5, 0.6) is 0 Å². The van der Waals surface area contributed by atoms with Gasteiger partial charge in [-0.25, -0.2) is 0 Å². The van der Waals surface area contributed by atoms with Crippen LogP contribution in [0.25, 0.3) is 0 Å². The molecule has 24 heavy (non-hydrogen) atoms. The molecule has 0 atom stereocenters. The molecule has 142 valence electrons. The highest BCUT2D eigenvalue weighted by molar-refractivity contribution is 4.62. The van der Waals surface area contributed by atoms with E-state index < -0.39 is 0 Å². The van der Waals surface area contributed by atoms with Crippen molar-refractivity contribution in [3.63, 3.8) is 0 Å². The Labute approximate surface area is 149 Å². The molecule has 0 aliphatic carbocycles. The van der Waals surface area contributed by atoms with Gasteiger partial charge in [-0.3, -0.25) is 9.80 Å². The molecule has 0 amide bonds. The van der Waals surface area contributed by atoms with Crippen LogP contribution in [0, 0.1) is 0 Å². The smallest absolute Gasteiger partial charge is 0.0594 e. The second-order valence-corrected chi connectivity index (χ2v) is 7.44. The number of morpholine rings is 2. The van der Waals surface area contributed by atoms with Crippen molar-refractivity contribution in [1.82, 2.24) is 9.80 Å². The van der Waals surface area contributed by atoms with E-state index in [9.17, 15) is 0 Å². The van der Waals surface area contributed by atoms with Crippen LogP contribution < -0.4 is 0 Å². The fraction of sp³-hybridized carbons (Fsp3) is 1.00. The van der Waals surface area contributed by atoms with Crippen molar-refractivity contribution in [3.05, 3.63) is 0 Å². The third-order valence-electron chi connectivity index (χ3n) is 5.41. The molecule has 0 N–H and O–H groups in total. The van der Waals surface area contributed by atoms with Gasteiger partial charge in [-0.1, -0.05) is 51.4 Å². The molecule has 0 unspecified atom stereocenters. The Balaban J connectivity index is 1.25. The van der Waals surface area contributed by atoms with E-state index in [1.165, 1.54) is 77.3 Å². The van der Waals surface area contributed by atoms with Crippen molar-refractivity contribution in [1.29, 1.82) is 0 Å². The molecule has 0 aromatic rings. The maximum atomic E-state index is 5.39. The van der Waals surface area contributed by atoms with Crippen molar-refractivity contribution < 1.29 is 9.47 Å². The van der Waals surface area contributed by atoms with Gasteiger partial charge in [0.25, 0.3) is 0 Å². The molecule has 0 aromatic heterocycles. The van der Waals surface area contributed by atoms with Crippen molar-refractivity contribution in [2.75, 3.05) is 65.7 Å². The first-order valence-electron chi connectivity index (χ1n) is 10.6. The monoisotopic (exact) mass is 340 g/mol. The van der Waals surface area contributed by atoms with Gasteiger partial charge in [0.1, 0.15) is 0 Å². The Kier molecular flexibility index (Phi) is 11.8. The van der Waals surface area contributed by atoms with Gasteiger partial charge in [-0.2, -0.15) is 0 Å². The third kappa shape index (κ3) is 9.97. The van der Waals surface area contributed by atoms with E-state index in [0.717, 1.165) is 52.6 Å². The normalized spacial score (nSPS) is 20.5. The first-order valence-corrected chi connectivity index (χ1v) is 10.6. The molecule has 0 spiro atoms. The summed E-state index contributed by atoms with van der Waals surface area (Å²) < 4.78 is 10.8.